The molecule has 2 heterocycles. The lowest BCUT2D eigenvalue weighted by atomic mass is 9.84. The Labute approximate surface area is 160 Å². The smallest absolute Gasteiger partial charge is 0.304 e. The third-order valence-electron chi connectivity index (χ3n) is 5.94. The van der Waals surface area contributed by atoms with Crippen LogP contribution in [0.4, 0.5) is 0 Å². The Hall–Kier alpha value is -1.92. The maximum absolute atomic E-state index is 12.5. The highest BCUT2D eigenvalue weighted by Gasteiger charge is 2.27. The molecule has 1 saturated carbocycles. The normalized spacial score (nSPS) is 19.8. The van der Waals surface area contributed by atoms with Gasteiger partial charge in [0, 0.05) is 19.0 Å². The molecule has 7 nitrogen and oxygen atoms in total. The Kier molecular flexibility index (Phi) is 7.24. The Morgan fingerprint density at radius 1 is 1.11 bits per heavy atom. The van der Waals surface area contributed by atoms with Crippen LogP contribution in [0.2, 0.25) is 0 Å². The summed E-state index contributed by atoms with van der Waals surface area (Å²) in [5, 5.41) is 13.1. The average molecular weight is 377 g/mol. The van der Waals surface area contributed by atoms with Crippen LogP contribution in [0.1, 0.15) is 99.5 Å². The highest BCUT2D eigenvalue weighted by Crippen LogP contribution is 2.31. The van der Waals surface area contributed by atoms with Gasteiger partial charge >= 0.3 is 5.97 Å². The molecule has 1 amide bonds. The van der Waals surface area contributed by atoms with E-state index >= 15 is 0 Å². The molecule has 0 bridgehead atoms. The molecule has 27 heavy (non-hydrogen) atoms. The van der Waals surface area contributed by atoms with Gasteiger partial charge < -0.3 is 14.5 Å². The van der Waals surface area contributed by atoms with Crippen molar-refractivity contribution in [2.75, 3.05) is 13.1 Å². The van der Waals surface area contributed by atoms with E-state index in [1.807, 2.05) is 0 Å². The second-order valence-electron chi connectivity index (χ2n) is 8.04. The third-order valence-corrected chi connectivity index (χ3v) is 5.94. The van der Waals surface area contributed by atoms with E-state index in [-0.39, 0.29) is 24.1 Å². The fraction of sp³-hybridized carbons (Fsp3) is 0.800. The summed E-state index contributed by atoms with van der Waals surface area (Å²) in [6, 6.07) is 0. The van der Waals surface area contributed by atoms with Gasteiger partial charge in [-0.1, -0.05) is 50.1 Å². The molecule has 2 fully saturated rings. The first-order valence-electron chi connectivity index (χ1n) is 10.5. The summed E-state index contributed by atoms with van der Waals surface area (Å²) in [5.41, 5.74) is 0. The molecule has 1 N–H and O–H groups in total. The van der Waals surface area contributed by atoms with Gasteiger partial charge in [0.05, 0.1) is 6.42 Å². The number of carbonyl (C=O) groups excluding carboxylic acids is 1. The van der Waals surface area contributed by atoms with Crippen LogP contribution in [-0.4, -0.2) is 45.1 Å². The third kappa shape index (κ3) is 5.78. The van der Waals surface area contributed by atoms with Gasteiger partial charge in [0.15, 0.2) is 0 Å². The Morgan fingerprint density at radius 2 is 1.81 bits per heavy atom. The first kappa shape index (κ1) is 19.8. The zero-order valence-electron chi connectivity index (χ0n) is 16.1. The Morgan fingerprint density at radius 3 is 2.52 bits per heavy atom. The van der Waals surface area contributed by atoms with Gasteiger partial charge in [-0.2, -0.15) is 4.98 Å². The van der Waals surface area contributed by atoms with Crippen molar-refractivity contribution in [2.24, 2.45) is 5.92 Å². The molecule has 1 unspecified atom stereocenters. The summed E-state index contributed by atoms with van der Waals surface area (Å²) >= 11 is 0. The zero-order chi connectivity index (χ0) is 19.1. The summed E-state index contributed by atoms with van der Waals surface area (Å²) in [7, 11) is 0. The number of aliphatic carboxylic acids is 1. The number of hydrogen-bond donors (Lipinski definition) is 1. The van der Waals surface area contributed by atoms with Gasteiger partial charge in [-0.15, -0.1) is 0 Å². The Balaban J connectivity index is 1.57. The molecule has 150 valence electrons. The molecule has 7 heteroatoms. The molecule has 1 aliphatic heterocycles. The summed E-state index contributed by atoms with van der Waals surface area (Å²) in [5.74, 6) is -0.277. The number of rotatable bonds is 8. The number of amides is 1. The fourth-order valence-corrected chi connectivity index (χ4v) is 4.38. The van der Waals surface area contributed by atoms with E-state index in [0.29, 0.717) is 12.3 Å². The SMILES string of the molecule is O=C(O)CC(CCCC1CCCCC1)c1nc(C(=O)N2CCCCC2)no1. The minimum atomic E-state index is -0.875. The molecule has 0 radical (unpaired) electrons. The van der Waals surface area contributed by atoms with Crippen molar-refractivity contribution < 1.29 is 19.2 Å². The molecular formula is C20H31N3O4. The van der Waals surface area contributed by atoms with E-state index in [1.54, 1.807) is 4.90 Å². The number of piperidine rings is 1. The quantitative estimate of drug-likeness (QED) is 0.735. The fourth-order valence-electron chi connectivity index (χ4n) is 4.38. The molecule has 1 atom stereocenters. The van der Waals surface area contributed by atoms with Crippen LogP contribution in [0, 0.1) is 5.92 Å². The van der Waals surface area contributed by atoms with Crippen LogP contribution in [0.25, 0.3) is 0 Å². The molecule has 2 aliphatic rings. The van der Waals surface area contributed by atoms with E-state index in [1.165, 1.54) is 32.1 Å². The van der Waals surface area contributed by atoms with Gasteiger partial charge in [0.25, 0.3) is 11.7 Å². The van der Waals surface area contributed by atoms with Gasteiger partial charge in [0.2, 0.25) is 5.89 Å². The lowest BCUT2D eigenvalue weighted by Crippen LogP contribution is -2.36. The van der Waals surface area contributed by atoms with Gasteiger partial charge in [-0.25, -0.2) is 0 Å². The lowest BCUT2D eigenvalue weighted by molar-refractivity contribution is -0.137. The number of likely N-dealkylation sites (tertiary alicyclic amines) is 1. The average Bonchev–Trinajstić information content (AvgIpc) is 3.18. The van der Waals surface area contributed by atoms with Crippen LogP contribution in [0.5, 0.6) is 0 Å². The highest BCUT2D eigenvalue weighted by molar-refractivity contribution is 5.90. The maximum atomic E-state index is 12.5. The van der Waals surface area contributed by atoms with Crippen LogP contribution in [0.3, 0.4) is 0 Å². The van der Waals surface area contributed by atoms with Crippen LogP contribution < -0.4 is 0 Å². The molecule has 0 spiro atoms. The van der Waals surface area contributed by atoms with Crippen LogP contribution in [-0.2, 0) is 4.79 Å². The highest BCUT2D eigenvalue weighted by atomic mass is 16.5. The summed E-state index contributed by atoms with van der Waals surface area (Å²) < 4.78 is 5.31. The second-order valence-corrected chi connectivity index (χ2v) is 8.04. The number of carbonyl (C=O) groups is 2. The first-order chi connectivity index (χ1) is 13.1. The first-order valence-corrected chi connectivity index (χ1v) is 10.5. The maximum Gasteiger partial charge on any atom is 0.304 e. The number of hydrogen-bond acceptors (Lipinski definition) is 5. The van der Waals surface area contributed by atoms with E-state index in [0.717, 1.165) is 51.1 Å². The monoisotopic (exact) mass is 377 g/mol. The van der Waals surface area contributed by atoms with E-state index in [9.17, 15) is 14.7 Å². The van der Waals surface area contributed by atoms with Gasteiger partial charge in [-0.05, 0) is 31.6 Å². The van der Waals surface area contributed by atoms with Crippen LogP contribution in [0.15, 0.2) is 4.52 Å². The van der Waals surface area contributed by atoms with Crippen molar-refractivity contribution in [3.8, 4) is 0 Å². The lowest BCUT2D eigenvalue weighted by Gasteiger charge is -2.25. The van der Waals surface area contributed by atoms with E-state index < -0.39 is 5.97 Å². The van der Waals surface area contributed by atoms with Crippen molar-refractivity contribution in [2.45, 2.75) is 83.0 Å². The molecule has 3 rings (SSSR count). The van der Waals surface area contributed by atoms with E-state index in [2.05, 4.69) is 10.1 Å². The number of carboxylic acid groups (broad SMARTS) is 1. The molecule has 1 aromatic heterocycles. The second kappa shape index (κ2) is 9.85. The van der Waals surface area contributed by atoms with Gasteiger partial charge in [0.1, 0.15) is 0 Å². The summed E-state index contributed by atoms with van der Waals surface area (Å²) in [6.07, 6.45) is 12.5. The minimum Gasteiger partial charge on any atom is -0.481 e. The molecule has 1 aromatic rings. The minimum absolute atomic E-state index is 0.0375. The molecule has 0 aromatic carbocycles. The van der Waals surface area contributed by atoms with Crippen molar-refractivity contribution in [1.82, 2.24) is 15.0 Å². The van der Waals surface area contributed by atoms with Crippen molar-refractivity contribution in [3.05, 3.63) is 11.7 Å². The largest absolute Gasteiger partial charge is 0.481 e. The van der Waals surface area contributed by atoms with Gasteiger partial charge in [-0.3, -0.25) is 9.59 Å². The summed E-state index contributed by atoms with van der Waals surface area (Å²) in [4.78, 5) is 29.8. The van der Waals surface area contributed by atoms with Crippen LogP contribution >= 0.6 is 0 Å². The predicted molar refractivity (Wildman–Crippen MR) is 99.5 cm³/mol. The topological polar surface area (TPSA) is 96.5 Å². The molecule has 1 saturated heterocycles. The van der Waals surface area contributed by atoms with Crippen molar-refractivity contribution >= 4 is 11.9 Å². The number of nitrogens with zero attached hydrogens (tertiary/aromatic N) is 3. The number of carboxylic acids is 1. The molecular weight excluding hydrogens is 346 g/mol. The summed E-state index contributed by atoms with van der Waals surface area (Å²) in [6.45, 7) is 1.45. The standard InChI is InChI=1S/C20H31N3O4/c24-17(25)14-16(11-7-10-15-8-3-1-4-9-15)19-21-18(22-27-19)20(26)23-12-5-2-6-13-23/h15-16H,1-14H2,(H,24,25). The predicted octanol–water partition coefficient (Wildman–Crippen LogP) is 4.00. The van der Waals surface area contributed by atoms with Crippen molar-refractivity contribution in [1.29, 1.82) is 0 Å². The van der Waals surface area contributed by atoms with Crippen molar-refractivity contribution in [3.63, 3.8) is 0 Å². The zero-order valence-corrected chi connectivity index (χ0v) is 16.1. The number of aromatic nitrogens is 2. The Bertz CT molecular complexity index is 618. The van der Waals surface area contributed by atoms with E-state index in [4.69, 9.17) is 4.52 Å². The molecule has 1 aliphatic carbocycles.